The van der Waals surface area contributed by atoms with Gasteiger partial charge in [0.2, 0.25) is 5.91 Å². The van der Waals surface area contributed by atoms with Gasteiger partial charge in [-0.05, 0) is 25.0 Å². The van der Waals surface area contributed by atoms with Gasteiger partial charge in [0, 0.05) is 16.6 Å². The number of hydrogen-bond donors (Lipinski definition) is 2. The van der Waals surface area contributed by atoms with Gasteiger partial charge in [0.1, 0.15) is 11.9 Å². The van der Waals surface area contributed by atoms with E-state index >= 15 is 0 Å². The van der Waals surface area contributed by atoms with Gasteiger partial charge in [-0.2, -0.15) is 0 Å². The van der Waals surface area contributed by atoms with Crippen LogP contribution in [0.15, 0.2) is 18.2 Å². The quantitative estimate of drug-likeness (QED) is 0.838. The van der Waals surface area contributed by atoms with Crippen LogP contribution in [0.25, 0.3) is 0 Å². The number of halogens is 2. The predicted octanol–water partition coefficient (Wildman–Crippen LogP) is 3.32. The Hall–Kier alpha value is -1.13. The first kappa shape index (κ1) is 15.3. The normalized spacial score (nSPS) is 18.5. The first-order valence-electron chi connectivity index (χ1n) is 7.08. The Bertz CT molecular complexity index is 473. The van der Waals surface area contributed by atoms with E-state index in [0.29, 0.717) is 5.02 Å². The first-order valence-corrected chi connectivity index (χ1v) is 7.46. The molecule has 0 heterocycles. The second kappa shape index (κ2) is 7.04. The van der Waals surface area contributed by atoms with Crippen LogP contribution in [0.5, 0.6) is 0 Å². The third kappa shape index (κ3) is 3.93. The zero-order valence-corrected chi connectivity index (χ0v) is 12.1. The van der Waals surface area contributed by atoms with Crippen molar-refractivity contribution in [2.24, 2.45) is 5.73 Å². The van der Waals surface area contributed by atoms with Crippen LogP contribution in [0.1, 0.15) is 50.1 Å². The van der Waals surface area contributed by atoms with Crippen molar-refractivity contribution in [3.8, 4) is 0 Å². The molecule has 3 N–H and O–H groups in total. The summed E-state index contributed by atoms with van der Waals surface area (Å²) in [6.07, 6.45) is 6.69. The monoisotopic (exact) mass is 298 g/mol. The summed E-state index contributed by atoms with van der Waals surface area (Å²) in [6, 6.07) is 3.73. The van der Waals surface area contributed by atoms with Crippen molar-refractivity contribution in [2.45, 2.75) is 50.6 Å². The third-order valence-electron chi connectivity index (χ3n) is 3.82. The molecule has 1 fully saturated rings. The second-order valence-electron chi connectivity index (χ2n) is 5.36. The summed E-state index contributed by atoms with van der Waals surface area (Å²) in [6.45, 7) is 0. The molecule has 1 saturated carbocycles. The van der Waals surface area contributed by atoms with Gasteiger partial charge in [0.25, 0.3) is 0 Å². The Labute approximate surface area is 123 Å². The Kier molecular flexibility index (Phi) is 5.38. The molecule has 2 rings (SSSR count). The molecule has 1 unspecified atom stereocenters. The number of amides is 1. The van der Waals surface area contributed by atoms with Crippen molar-refractivity contribution in [3.63, 3.8) is 0 Å². The van der Waals surface area contributed by atoms with Gasteiger partial charge in [-0.3, -0.25) is 10.1 Å². The number of carbonyl (C=O) groups is 1. The molecule has 1 aromatic rings. The summed E-state index contributed by atoms with van der Waals surface area (Å²) < 4.78 is 14.0. The molecule has 0 aliphatic heterocycles. The van der Waals surface area contributed by atoms with Crippen LogP contribution in [-0.2, 0) is 4.79 Å². The van der Waals surface area contributed by atoms with E-state index in [-0.39, 0.29) is 11.6 Å². The maximum Gasteiger partial charge on any atom is 0.239 e. The fourth-order valence-electron chi connectivity index (χ4n) is 2.74. The molecular weight excluding hydrogens is 279 g/mol. The zero-order chi connectivity index (χ0) is 14.5. The van der Waals surface area contributed by atoms with Crippen molar-refractivity contribution in [1.29, 1.82) is 0 Å². The van der Waals surface area contributed by atoms with Gasteiger partial charge in [0.05, 0.1) is 0 Å². The maximum absolute atomic E-state index is 14.0. The molecule has 0 spiro atoms. The number of nitrogens with two attached hydrogens (primary N) is 1. The molecule has 1 aliphatic rings. The fourth-order valence-corrected chi connectivity index (χ4v) is 2.90. The van der Waals surface area contributed by atoms with Crippen molar-refractivity contribution in [2.75, 3.05) is 0 Å². The molecule has 0 aromatic heterocycles. The SMILES string of the molecule is NC(=O)C(NC1CCCCCC1)c1ccc(Cl)cc1F. The molecule has 0 saturated heterocycles. The molecule has 20 heavy (non-hydrogen) atoms. The van der Waals surface area contributed by atoms with Gasteiger partial charge in [-0.1, -0.05) is 43.4 Å². The number of rotatable bonds is 4. The van der Waals surface area contributed by atoms with Gasteiger partial charge in [0.15, 0.2) is 0 Å². The van der Waals surface area contributed by atoms with E-state index in [2.05, 4.69) is 5.32 Å². The van der Waals surface area contributed by atoms with Crippen LogP contribution in [0.4, 0.5) is 4.39 Å². The lowest BCUT2D eigenvalue weighted by atomic mass is 10.0. The Balaban J connectivity index is 2.15. The van der Waals surface area contributed by atoms with Crippen LogP contribution >= 0.6 is 11.6 Å². The Morgan fingerprint density at radius 2 is 1.95 bits per heavy atom. The highest BCUT2D eigenvalue weighted by atomic mass is 35.5. The van der Waals surface area contributed by atoms with E-state index < -0.39 is 17.8 Å². The summed E-state index contributed by atoms with van der Waals surface area (Å²) in [5.41, 5.74) is 5.70. The third-order valence-corrected chi connectivity index (χ3v) is 4.05. The molecule has 1 aromatic carbocycles. The van der Waals surface area contributed by atoms with Gasteiger partial charge < -0.3 is 5.73 Å². The highest BCUT2D eigenvalue weighted by molar-refractivity contribution is 6.30. The molecule has 0 bridgehead atoms. The van der Waals surface area contributed by atoms with Crippen molar-refractivity contribution in [3.05, 3.63) is 34.6 Å². The summed E-state index contributed by atoms with van der Waals surface area (Å²) in [4.78, 5) is 11.7. The van der Waals surface area contributed by atoms with Crippen molar-refractivity contribution >= 4 is 17.5 Å². The standard InChI is InChI=1S/C15H20ClFN2O/c16-10-7-8-12(13(17)9-10)14(15(18)20)19-11-5-3-1-2-4-6-11/h7-9,11,14,19H,1-6H2,(H2,18,20). The second-order valence-corrected chi connectivity index (χ2v) is 5.79. The summed E-state index contributed by atoms with van der Waals surface area (Å²) in [7, 11) is 0. The maximum atomic E-state index is 14.0. The minimum atomic E-state index is -0.796. The average Bonchev–Trinajstić information content (AvgIpc) is 2.65. The largest absolute Gasteiger partial charge is 0.368 e. The van der Waals surface area contributed by atoms with E-state index in [4.69, 9.17) is 17.3 Å². The van der Waals surface area contributed by atoms with Crippen molar-refractivity contribution in [1.82, 2.24) is 5.32 Å². The van der Waals surface area contributed by atoms with E-state index in [1.54, 1.807) is 6.07 Å². The average molecular weight is 299 g/mol. The number of benzene rings is 1. The number of carbonyl (C=O) groups excluding carboxylic acids is 1. The number of hydrogen-bond acceptors (Lipinski definition) is 2. The van der Waals surface area contributed by atoms with Crippen molar-refractivity contribution < 1.29 is 9.18 Å². The predicted molar refractivity (Wildman–Crippen MR) is 78.0 cm³/mol. The highest BCUT2D eigenvalue weighted by Crippen LogP contribution is 2.24. The Morgan fingerprint density at radius 1 is 1.30 bits per heavy atom. The molecule has 3 nitrogen and oxygen atoms in total. The van der Waals surface area contributed by atoms with Crippen LogP contribution in [0, 0.1) is 5.82 Å². The minimum Gasteiger partial charge on any atom is -0.368 e. The lowest BCUT2D eigenvalue weighted by Crippen LogP contribution is -2.40. The van der Waals surface area contributed by atoms with Gasteiger partial charge in [-0.25, -0.2) is 4.39 Å². The molecular formula is C15H20ClFN2O. The first-order chi connectivity index (χ1) is 9.58. The Morgan fingerprint density at radius 3 is 2.50 bits per heavy atom. The number of primary amides is 1. The molecule has 0 radical (unpaired) electrons. The summed E-state index contributed by atoms with van der Waals surface area (Å²) in [5, 5.41) is 3.52. The van der Waals surface area contributed by atoms with E-state index in [9.17, 15) is 9.18 Å². The molecule has 1 aliphatic carbocycles. The van der Waals surface area contributed by atoms with Gasteiger partial charge >= 0.3 is 0 Å². The molecule has 1 atom stereocenters. The topological polar surface area (TPSA) is 55.1 Å². The number of nitrogens with one attached hydrogen (secondary N) is 1. The van der Waals surface area contributed by atoms with Crippen LogP contribution in [0.3, 0.4) is 0 Å². The fraction of sp³-hybridized carbons (Fsp3) is 0.533. The molecule has 5 heteroatoms. The van der Waals surface area contributed by atoms with Crippen LogP contribution in [0.2, 0.25) is 5.02 Å². The lowest BCUT2D eigenvalue weighted by Gasteiger charge is -2.23. The minimum absolute atomic E-state index is 0.213. The highest BCUT2D eigenvalue weighted by Gasteiger charge is 2.25. The summed E-state index contributed by atoms with van der Waals surface area (Å²) in [5.74, 6) is -1.06. The van der Waals surface area contributed by atoms with Crippen LogP contribution < -0.4 is 11.1 Å². The molecule has 1 amide bonds. The molecule has 110 valence electrons. The van der Waals surface area contributed by atoms with E-state index in [1.165, 1.54) is 25.0 Å². The van der Waals surface area contributed by atoms with E-state index in [1.807, 2.05) is 0 Å². The zero-order valence-electron chi connectivity index (χ0n) is 11.4. The smallest absolute Gasteiger partial charge is 0.239 e. The lowest BCUT2D eigenvalue weighted by molar-refractivity contribution is -0.120. The van der Waals surface area contributed by atoms with Crippen LogP contribution in [-0.4, -0.2) is 11.9 Å². The van der Waals surface area contributed by atoms with Gasteiger partial charge in [-0.15, -0.1) is 0 Å². The summed E-state index contributed by atoms with van der Waals surface area (Å²) >= 11 is 5.74. The van der Waals surface area contributed by atoms with E-state index in [0.717, 1.165) is 25.7 Å².